The van der Waals surface area contributed by atoms with E-state index in [9.17, 15) is 14.9 Å². The summed E-state index contributed by atoms with van der Waals surface area (Å²) in [4.78, 5) is 25.6. The Kier molecular flexibility index (Phi) is 6.46. The first-order valence-electron chi connectivity index (χ1n) is 7.37. The average molecular weight is 327 g/mol. The van der Waals surface area contributed by atoms with Gasteiger partial charge in [-0.25, -0.2) is 4.79 Å². The second-order valence-electron chi connectivity index (χ2n) is 4.85. The molecule has 1 N–H and O–H groups in total. The molecule has 0 fully saturated rings. The van der Waals surface area contributed by atoms with E-state index in [0.29, 0.717) is 18.5 Å². The Morgan fingerprint density at radius 3 is 2.79 bits per heavy atom. The van der Waals surface area contributed by atoms with Crippen molar-refractivity contribution in [3.05, 3.63) is 76.0 Å². The Bertz CT molecular complexity index is 717. The maximum Gasteiger partial charge on any atom is 0.407 e. The molecule has 0 aliphatic heterocycles. The summed E-state index contributed by atoms with van der Waals surface area (Å²) in [7, 11) is 0. The molecule has 0 aliphatic carbocycles. The monoisotopic (exact) mass is 327 g/mol. The zero-order valence-corrected chi connectivity index (χ0v) is 12.9. The standard InChI is InChI=1S/C17H17N3O4/c21-17(24-13-14-7-2-1-3-8-14)19-11-5-4-9-15-10-6-12-18-16(15)20(22)23/h1-4,6-10,12H,5,11,13H2,(H,19,21). The summed E-state index contributed by atoms with van der Waals surface area (Å²) in [6, 6.07) is 12.6. The molecule has 2 aromatic rings. The first kappa shape index (κ1) is 17.1. The number of nitro groups is 1. The van der Waals surface area contributed by atoms with E-state index in [0.717, 1.165) is 5.56 Å². The number of pyridine rings is 1. The predicted octanol–water partition coefficient (Wildman–Crippen LogP) is 3.32. The molecule has 0 spiro atoms. The minimum atomic E-state index is -0.529. The molecule has 0 bridgehead atoms. The largest absolute Gasteiger partial charge is 0.445 e. The van der Waals surface area contributed by atoms with Crippen LogP contribution in [-0.4, -0.2) is 22.5 Å². The van der Waals surface area contributed by atoms with Crippen molar-refractivity contribution in [1.29, 1.82) is 0 Å². The summed E-state index contributed by atoms with van der Waals surface area (Å²) >= 11 is 0. The topological polar surface area (TPSA) is 94.4 Å². The summed E-state index contributed by atoms with van der Waals surface area (Å²) in [5.74, 6) is -0.191. The molecule has 0 saturated carbocycles. The highest BCUT2D eigenvalue weighted by Gasteiger charge is 2.10. The van der Waals surface area contributed by atoms with Crippen LogP contribution in [0.4, 0.5) is 10.6 Å². The summed E-state index contributed by atoms with van der Waals surface area (Å²) in [5, 5.41) is 13.4. The molecule has 124 valence electrons. The number of nitrogens with zero attached hydrogens (tertiary/aromatic N) is 2. The maximum atomic E-state index is 11.5. The third-order valence-corrected chi connectivity index (χ3v) is 3.08. The molecular formula is C17H17N3O4. The fourth-order valence-electron chi connectivity index (χ4n) is 1.93. The zero-order valence-electron chi connectivity index (χ0n) is 12.9. The van der Waals surface area contributed by atoms with Gasteiger partial charge in [-0.05, 0) is 34.0 Å². The Morgan fingerprint density at radius 2 is 2.04 bits per heavy atom. The predicted molar refractivity (Wildman–Crippen MR) is 89.2 cm³/mol. The normalized spacial score (nSPS) is 10.5. The van der Waals surface area contributed by atoms with Gasteiger partial charge in [0, 0.05) is 6.54 Å². The molecule has 0 unspecified atom stereocenters. The van der Waals surface area contributed by atoms with E-state index in [-0.39, 0.29) is 12.4 Å². The van der Waals surface area contributed by atoms with Gasteiger partial charge in [-0.1, -0.05) is 42.5 Å². The lowest BCUT2D eigenvalue weighted by atomic mass is 10.2. The third-order valence-electron chi connectivity index (χ3n) is 3.08. The number of rotatable bonds is 7. The van der Waals surface area contributed by atoms with Crippen LogP contribution in [0, 0.1) is 10.1 Å². The van der Waals surface area contributed by atoms with Gasteiger partial charge in [0.05, 0.1) is 5.56 Å². The van der Waals surface area contributed by atoms with Crippen molar-refractivity contribution in [2.24, 2.45) is 0 Å². The number of ether oxygens (including phenoxy) is 1. The lowest BCUT2D eigenvalue weighted by Crippen LogP contribution is -2.24. The minimum absolute atomic E-state index is 0.191. The van der Waals surface area contributed by atoms with Gasteiger partial charge >= 0.3 is 11.9 Å². The molecule has 0 radical (unpaired) electrons. The molecule has 1 aromatic carbocycles. The van der Waals surface area contributed by atoms with Gasteiger partial charge in [0.1, 0.15) is 12.8 Å². The van der Waals surface area contributed by atoms with Crippen LogP contribution in [0.3, 0.4) is 0 Å². The van der Waals surface area contributed by atoms with Gasteiger partial charge in [-0.2, -0.15) is 0 Å². The Morgan fingerprint density at radius 1 is 1.25 bits per heavy atom. The smallest absolute Gasteiger partial charge is 0.407 e. The number of amides is 1. The fourth-order valence-corrected chi connectivity index (χ4v) is 1.93. The fraction of sp³-hybridized carbons (Fsp3) is 0.176. The van der Waals surface area contributed by atoms with E-state index in [2.05, 4.69) is 10.3 Å². The number of carbonyl (C=O) groups is 1. The van der Waals surface area contributed by atoms with E-state index in [1.165, 1.54) is 6.20 Å². The van der Waals surface area contributed by atoms with Crippen LogP contribution in [0.25, 0.3) is 6.08 Å². The van der Waals surface area contributed by atoms with Gasteiger partial charge in [0.2, 0.25) is 0 Å². The van der Waals surface area contributed by atoms with Crippen LogP contribution < -0.4 is 5.32 Å². The highest BCUT2D eigenvalue weighted by molar-refractivity contribution is 5.67. The van der Waals surface area contributed by atoms with Crippen molar-refractivity contribution < 1.29 is 14.5 Å². The highest BCUT2D eigenvalue weighted by Crippen LogP contribution is 2.15. The molecule has 1 amide bonds. The summed E-state index contributed by atoms with van der Waals surface area (Å²) < 4.78 is 5.07. The number of hydrogen-bond donors (Lipinski definition) is 1. The Hall–Kier alpha value is -3.22. The number of alkyl carbamates (subject to hydrolysis) is 1. The molecule has 0 atom stereocenters. The van der Waals surface area contributed by atoms with Gasteiger partial charge in [0.25, 0.3) is 0 Å². The average Bonchev–Trinajstić information content (AvgIpc) is 2.61. The molecule has 7 heteroatoms. The molecule has 0 aliphatic rings. The molecule has 0 saturated heterocycles. The molecular weight excluding hydrogens is 310 g/mol. The van der Waals surface area contributed by atoms with Crippen LogP contribution in [-0.2, 0) is 11.3 Å². The lowest BCUT2D eigenvalue weighted by molar-refractivity contribution is -0.389. The first-order valence-corrected chi connectivity index (χ1v) is 7.37. The molecule has 1 aromatic heterocycles. The highest BCUT2D eigenvalue weighted by atomic mass is 16.6. The van der Waals surface area contributed by atoms with Gasteiger partial charge in [-0.15, -0.1) is 0 Å². The first-order chi connectivity index (χ1) is 11.7. The lowest BCUT2D eigenvalue weighted by Gasteiger charge is -2.05. The van der Waals surface area contributed by atoms with E-state index in [1.807, 2.05) is 30.3 Å². The van der Waals surface area contributed by atoms with Gasteiger partial charge < -0.3 is 20.2 Å². The van der Waals surface area contributed by atoms with Gasteiger partial charge in [-0.3, -0.25) is 0 Å². The van der Waals surface area contributed by atoms with E-state index in [1.54, 1.807) is 24.3 Å². The van der Waals surface area contributed by atoms with Crippen LogP contribution in [0.15, 0.2) is 54.7 Å². The van der Waals surface area contributed by atoms with Crippen molar-refractivity contribution in [3.63, 3.8) is 0 Å². The molecule has 24 heavy (non-hydrogen) atoms. The Labute approximate surface area is 139 Å². The zero-order chi connectivity index (χ0) is 17.2. The second-order valence-corrected chi connectivity index (χ2v) is 4.85. The molecule has 1 heterocycles. The van der Waals surface area contributed by atoms with Crippen molar-refractivity contribution in [2.75, 3.05) is 6.54 Å². The van der Waals surface area contributed by atoms with E-state index >= 15 is 0 Å². The van der Waals surface area contributed by atoms with Crippen molar-refractivity contribution in [2.45, 2.75) is 13.0 Å². The SMILES string of the molecule is O=C(NCCC=Cc1cccnc1[N+](=O)[O-])OCc1ccccc1. The van der Waals surface area contributed by atoms with Crippen molar-refractivity contribution >= 4 is 18.0 Å². The van der Waals surface area contributed by atoms with Crippen molar-refractivity contribution in [3.8, 4) is 0 Å². The second kappa shape index (κ2) is 9.04. The van der Waals surface area contributed by atoms with Crippen LogP contribution in [0.5, 0.6) is 0 Å². The Balaban J connectivity index is 1.71. The minimum Gasteiger partial charge on any atom is -0.445 e. The van der Waals surface area contributed by atoms with Crippen molar-refractivity contribution in [1.82, 2.24) is 10.3 Å². The molecule has 7 nitrogen and oxygen atoms in total. The third kappa shape index (κ3) is 5.53. The summed E-state index contributed by atoms with van der Waals surface area (Å²) in [5.41, 5.74) is 1.34. The van der Waals surface area contributed by atoms with Crippen LogP contribution in [0.1, 0.15) is 17.5 Å². The van der Waals surface area contributed by atoms with Gasteiger partial charge in [0.15, 0.2) is 0 Å². The maximum absolute atomic E-state index is 11.5. The number of carbonyl (C=O) groups excluding carboxylic acids is 1. The van der Waals surface area contributed by atoms with E-state index < -0.39 is 11.0 Å². The number of benzene rings is 1. The van der Waals surface area contributed by atoms with E-state index in [4.69, 9.17) is 4.74 Å². The van der Waals surface area contributed by atoms with Crippen LogP contribution >= 0.6 is 0 Å². The number of nitrogens with one attached hydrogen (secondary N) is 1. The van der Waals surface area contributed by atoms with Crippen LogP contribution in [0.2, 0.25) is 0 Å². The molecule has 2 rings (SSSR count). The summed E-state index contributed by atoms with van der Waals surface area (Å²) in [6.07, 6.45) is 4.75. The number of hydrogen-bond acceptors (Lipinski definition) is 5. The quantitative estimate of drug-likeness (QED) is 0.478. The number of aromatic nitrogens is 1. The summed E-state index contributed by atoms with van der Waals surface area (Å²) in [6.45, 7) is 0.586.